The lowest BCUT2D eigenvalue weighted by Crippen LogP contribution is -2.15. The molecule has 3 heteroatoms. The normalized spacial score (nSPS) is 15.1. The van der Waals surface area contributed by atoms with Gasteiger partial charge in [0.05, 0.1) is 0 Å². The molecule has 0 saturated heterocycles. The first-order valence-electron chi connectivity index (χ1n) is 5.65. The molecule has 0 aliphatic rings. The van der Waals surface area contributed by atoms with Crippen LogP contribution >= 0.6 is 11.8 Å². The Morgan fingerprint density at radius 1 is 1.19 bits per heavy atom. The summed E-state index contributed by atoms with van der Waals surface area (Å²) in [7, 11) is 0. The SMILES string of the molecule is CC(C)C(C)SC(CN)c1ccc(F)cc1. The zero-order valence-corrected chi connectivity index (χ0v) is 10.9. The first-order valence-corrected chi connectivity index (χ1v) is 6.60. The van der Waals surface area contributed by atoms with Gasteiger partial charge in [-0.05, 0) is 23.6 Å². The molecule has 0 radical (unpaired) electrons. The van der Waals surface area contributed by atoms with E-state index in [-0.39, 0.29) is 11.1 Å². The molecule has 0 bridgehead atoms. The molecule has 0 aliphatic heterocycles. The second kappa shape index (κ2) is 6.26. The molecule has 0 saturated carbocycles. The van der Waals surface area contributed by atoms with Crippen LogP contribution in [0.15, 0.2) is 24.3 Å². The number of benzene rings is 1. The highest BCUT2D eigenvalue weighted by Crippen LogP contribution is 2.34. The number of halogens is 1. The highest BCUT2D eigenvalue weighted by Gasteiger charge is 2.16. The van der Waals surface area contributed by atoms with E-state index in [9.17, 15) is 4.39 Å². The summed E-state index contributed by atoms with van der Waals surface area (Å²) in [5.74, 6) is 0.431. The van der Waals surface area contributed by atoms with Crippen molar-refractivity contribution >= 4 is 11.8 Å². The van der Waals surface area contributed by atoms with Crippen LogP contribution < -0.4 is 5.73 Å². The molecular weight excluding hydrogens is 221 g/mol. The Kier molecular flexibility index (Phi) is 5.29. The summed E-state index contributed by atoms with van der Waals surface area (Å²) in [4.78, 5) is 0. The van der Waals surface area contributed by atoms with Crippen molar-refractivity contribution in [1.29, 1.82) is 0 Å². The van der Waals surface area contributed by atoms with Gasteiger partial charge in [-0.25, -0.2) is 4.39 Å². The van der Waals surface area contributed by atoms with Gasteiger partial charge < -0.3 is 5.73 Å². The molecule has 2 atom stereocenters. The highest BCUT2D eigenvalue weighted by atomic mass is 32.2. The van der Waals surface area contributed by atoms with Crippen LogP contribution in [0, 0.1) is 11.7 Å². The van der Waals surface area contributed by atoms with Crippen molar-refractivity contribution in [2.75, 3.05) is 6.54 Å². The molecule has 2 unspecified atom stereocenters. The van der Waals surface area contributed by atoms with E-state index in [1.165, 1.54) is 12.1 Å². The van der Waals surface area contributed by atoms with Crippen LogP contribution in [0.2, 0.25) is 0 Å². The topological polar surface area (TPSA) is 26.0 Å². The lowest BCUT2D eigenvalue weighted by molar-refractivity contribution is 0.626. The Balaban J connectivity index is 2.70. The molecular formula is C13H20FNS. The van der Waals surface area contributed by atoms with E-state index in [0.717, 1.165) is 5.56 Å². The van der Waals surface area contributed by atoms with Crippen molar-refractivity contribution in [3.05, 3.63) is 35.6 Å². The van der Waals surface area contributed by atoms with Crippen molar-refractivity contribution in [3.63, 3.8) is 0 Å². The van der Waals surface area contributed by atoms with Crippen molar-refractivity contribution in [3.8, 4) is 0 Å². The summed E-state index contributed by atoms with van der Waals surface area (Å²) in [5, 5.41) is 0.816. The van der Waals surface area contributed by atoms with Gasteiger partial charge in [0.2, 0.25) is 0 Å². The quantitative estimate of drug-likeness (QED) is 0.852. The Hall–Kier alpha value is -0.540. The summed E-state index contributed by atoms with van der Waals surface area (Å²) in [6, 6.07) is 6.65. The fourth-order valence-corrected chi connectivity index (χ4v) is 2.62. The molecule has 0 aliphatic carbocycles. The second-order valence-corrected chi connectivity index (χ2v) is 5.95. The van der Waals surface area contributed by atoms with Crippen LogP contribution in [0.3, 0.4) is 0 Å². The van der Waals surface area contributed by atoms with Crippen molar-refractivity contribution < 1.29 is 4.39 Å². The van der Waals surface area contributed by atoms with Gasteiger partial charge in [-0.3, -0.25) is 0 Å². The fraction of sp³-hybridized carbons (Fsp3) is 0.538. The Morgan fingerprint density at radius 3 is 2.19 bits per heavy atom. The van der Waals surface area contributed by atoms with Crippen molar-refractivity contribution in [2.45, 2.75) is 31.3 Å². The first kappa shape index (κ1) is 13.5. The molecule has 90 valence electrons. The number of nitrogens with two attached hydrogens (primary N) is 1. The van der Waals surface area contributed by atoms with Crippen molar-refractivity contribution in [2.24, 2.45) is 11.7 Å². The molecule has 1 nitrogen and oxygen atoms in total. The summed E-state index contributed by atoms with van der Waals surface area (Å²) in [5.41, 5.74) is 6.89. The predicted octanol–water partition coefficient (Wildman–Crippen LogP) is 3.60. The van der Waals surface area contributed by atoms with Crippen LogP contribution in [-0.2, 0) is 0 Å². The molecule has 1 aromatic rings. The number of rotatable bonds is 5. The van der Waals surface area contributed by atoms with Gasteiger partial charge in [0.1, 0.15) is 5.82 Å². The summed E-state index contributed by atoms with van der Waals surface area (Å²) >= 11 is 1.86. The molecule has 1 rings (SSSR count). The van der Waals surface area contributed by atoms with E-state index in [0.29, 0.717) is 17.7 Å². The lowest BCUT2D eigenvalue weighted by atomic mass is 10.1. The lowest BCUT2D eigenvalue weighted by Gasteiger charge is -2.22. The zero-order valence-electron chi connectivity index (χ0n) is 10.1. The van der Waals surface area contributed by atoms with Crippen LogP contribution in [0.25, 0.3) is 0 Å². The summed E-state index contributed by atoms with van der Waals surface area (Å²) in [6.07, 6.45) is 0. The molecule has 1 aromatic carbocycles. The summed E-state index contributed by atoms with van der Waals surface area (Å²) in [6.45, 7) is 7.21. The number of thioether (sulfide) groups is 1. The third kappa shape index (κ3) is 3.80. The van der Waals surface area contributed by atoms with Gasteiger partial charge in [0, 0.05) is 17.0 Å². The Morgan fingerprint density at radius 2 is 1.75 bits per heavy atom. The number of hydrogen-bond acceptors (Lipinski definition) is 2. The predicted molar refractivity (Wildman–Crippen MR) is 70.1 cm³/mol. The molecule has 16 heavy (non-hydrogen) atoms. The van der Waals surface area contributed by atoms with Gasteiger partial charge in [0.15, 0.2) is 0 Å². The minimum absolute atomic E-state index is 0.193. The van der Waals surface area contributed by atoms with Gasteiger partial charge in [-0.1, -0.05) is 32.9 Å². The van der Waals surface area contributed by atoms with E-state index in [1.807, 2.05) is 23.9 Å². The van der Waals surface area contributed by atoms with E-state index in [2.05, 4.69) is 20.8 Å². The molecule has 0 spiro atoms. The Labute approximate surface area is 102 Å². The maximum Gasteiger partial charge on any atom is 0.123 e. The molecule has 0 fully saturated rings. The molecule has 0 aromatic heterocycles. The third-order valence-corrected chi connectivity index (χ3v) is 4.54. The average Bonchev–Trinajstić information content (AvgIpc) is 2.26. The fourth-order valence-electron chi connectivity index (χ4n) is 1.36. The molecule has 2 N–H and O–H groups in total. The molecule has 0 amide bonds. The highest BCUT2D eigenvalue weighted by molar-refractivity contribution is 8.00. The van der Waals surface area contributed by atoms with Crippen LogP contribution in [0.1, 0.15) is 31.6 Å². The largest absolute Gasteiger partial charge is 0.329 e. The minimum atomic E-state index is -0.193. The van der Waals surface area contributed by atoms with E-state index < -0.39 is 0 Å². The first-order chi connectivity index (χ1) is 7.54. The van der Waals surface area contributed by atoms with Gasteiger partial charge >= 0.3 is 0 Å². The average molecular weight is 241 g/mol. The maximum atomic E-state index is 12.8. The second-order valence-electron chi connectivity index (χ2n) is 4.36. The minimum Gasteiger partial charge on any atom is -0.329 e. The van der Waals surface area contributed by atoms with Crippen LogP contribution in [0.5, 0.6) is 0 Å². The van der Waals surface area contributed by atoms with E-state index in [1.54, 1.807) is 0 Å². The monoisotopic (exact) mass is 241 g/mol. The third-order valence-electron chi connectivity index (χ3n) is 2.77. The zero-order chi connectivity index (χ0) is 12.1. The summed E-state index contributed by atoms with van der Waals surface area (Å²) < 4.78 is 12.8. The Bertz CT molecular complexity index is 310. The van der Waals surface area contributed by atoms with Crippen LogP contribution in [0.4, 0.5) is 4.39 Å². The van der Waals surface area contributed by atoms with Gasteiger partial charge in [0.25, 0.3) is 0 Å². The van der Waals surface area contributed by atoms with E-state index >= 15 is 0 Å². The molecule has 0 heterocycles. The van der Waals surface area contributed by atoms with Crippen LogP contribution in [-0.4, -0.2) is 11.8 Å². The number of hydrogen-bond donors (Lipinski definition) is 1. The maximum absolute atomic E-state index is 12.8. The van der Waals surface area contributed by atoms with Crippen molar-refractivity contribution in [1.82, 2.24) is 0 Å². The standard InChI is InChI=1S/C13H20FNS/c1-9(2)10(3)16-13(8-15)11-4-6-12(14)7-5-11/h4-7,9-10,13H,8,15H2,1-3H3. The van der Waals surface area contributed by atoms with Gasteiger partial charge in [-0.15, -0.1) is 11.8 Å². The smallest absolute Gasteiger partial charge is 0.123 e. The van der Waals surface area contributed by atoms with E-state index in [4.69, 9.17) is 5.73 Å². The van der Waals surface area contributed by atoms with Gasteiger partial charge in [-0.2, -0.15) is 0 Å².